The van der Waals surface area contributed by atoms with E-state index in [1.807, 2.05) is 0 Å². The number of non-ortho nitro benzene ring substituents is 1. The van der Waals surface area contributed by atoms with Crippen LogP contribution >= 0.6 is 11.6 Å². The fraction of sp³-hybridized carbons (Fsp3) is 0.375. The van der Waals surface area contributed by atoms with Crippen molar-refractivity contribution < 1.29 is 23.7 Å². The minimum absolute atomic E-state index is 0.0498. The van der Waals surface area contributed by atoms with Crippen LogP contribution in [0.2, 0.25) is 5.15 Å². The van der Waals surface area contributed by atoms with Crippen molar-refractivity contribution in [2.45, 2.75) is 19.3 Å². The van der Waals surface area contributed by atoms with Crippen molar-refractivity contribution >= 4 is 40.1 Å². The lowest BCUT2D eigenvalue weighted by molar-refractivity contribution is -0.384. The SMILES string of the molecule is COc1cc(C(=O)N2CCC3(CC2)CCN(C(=O)c2cc4cc([N+](=O)[O-])ccc4o2)C3)cc(Cl)n1. The van der Waals surface area contributed by atoms with E-state index >= 15 is 0 Å². The first-order chi connectivity index (χ1) is 16.8. The number of nitrogens with zero attached hydrogens (tertiary/aromatic N) is 4. The molecule has 2 aromatic heterocycles. The number of hydrogen-bond donors (Lipinski definition) is 0. The fourth-order valence-electron chi connectivity index (χ4n) is 4.99. The Labute approximate surface area is 205 Å². The summed E-state index contributed by atoms with van der Waals surface area (Å²) >= 11 is 6.02. The summed E-state index contributed by atoms with van der Waals surface area (Å²) in [5.41, 5.74) is 0.773. The highest BCUT2D eigenvalue weighted by Gasteiger charge is 2.43. The first-order valence-corrected chi connectivity index (χ1v) is 11.6. The standard InChI is InChI=1S/C24H23ClN4O6/c1-34-21-13-16(12-20(25)26-21)22(30)27-7-4-24(5-8-27)6-9-28(14-24)23(31)19-11-15-10-17(29(32)33)2-3-18(15)35-19/h2-3,10-13H,4-9,14H2,1H3. The lowest BCUT2D eigenvalue weighted by atomic mass is 9.77. The van der Waals surface area contributed by atoms with Crippen LogP contribution < -0.4 is 4.74 Å². The number of pyridine rings is 1. The molecule has 2 saturated heterocycles. The Kier molecular flexibility index (Phi) is 5.84. The number of nitro groups is 1. The largest absolute Gasteiger partial charge is 0.481 e. The summed E-state index contributed by atoms with van der Waals surface area (Å²) in [6.45, 7) is 2.34. The number of nitro benzene ring substituents is 1. The van der Waals surface area contributed by atoms with Crippen molar-refractivity contribution in [1.82, 2.24) is 14.8 Å². The molecule has 0 atom stereocenters. The Morgan fingerprint density at radius 3 is 2.49 bits per heavy atom. The quantitative estimate of drug-likeness (QED) is 0.301. The van der Waals surface area contributed by atoms with E-state index in [1.165, 1.54) is 31.4 Å². The smallest absolute Gasteiger partial charge is 0.289 e. The summed E-state index contributed by atoms with van der Waals surface area (Å²) in [5, 5.41) is 11.7. The first-order valence-electron chi connectivity index (χ1n) is 11.3. The summed E-state index contributed by atoms with van der Waals surface area (Å²) in [5.74, 6) is 0.121. The molecule has 35 heavy (non-hydrogen) atoms. The molecule has 11 heteroatoms. The van der Waals surface area contributed by atoms with Crippen LogP contribution in [0.25, 0.3) is 11.0 Å². The van der Waals surface area contributed by atoms with Gasteiger partial charge in [-0.25, -0.2) is 4.98 Å². The van der Waals surface area contributed by atoms with Gasteiger partial charge in [-0.2, -0.15) is 0 Å². The summed E-state index contributed by atoms with van der Waals surface area (Å²) in [4.78, 5) is 44.2. The monoisotopic (exact) mass is 498 g/mol. The molecule has 2 aliphatic rings. The average molecular weight is 499 g/mol. The van der Waals surface area contributed by atoms with Gasteiger partial charge in [0, 0.05) is 55.3 Å². The van der Waals surface area contributed by atoms with Crippen molar-refractivity contribution in [2.24, 2.45) is 5.41 Å². The third-order valence-corrected chi connectivity index (χ3v) is 7.18. The third-order valence-electron chi connectivity index (χ3n) is 6.99. The molecule has 2 aliphatic heterocycles. The van der Waals surface area contributed by atoms with Crippen molar-refractivity contribution in [3.63, 3.8) is 0 Å². The van der Waals surface area contributed by atoms with Crippen molar-refractivity contribution in [3.8, 4) is 5.88 Å². The summed E-state index contributed by atoms with van der Waals surface area (Å²) < 4.78 is 10.8. The molecule has 0 radical (unpaired) electrons. The molecule has 0 aliphatic carbocycles. The van der Waals surface area contributed by atoms with Crippen LogP contribution in [0.15, 0.2) is 40.8 Å². The number of rotatable bonds is 4. The lowest BCUT2D eigenvalue weighted by Crippen LogP contribution is -2.44. The van der Waals surface area contributed by atoms with Crippen molar-refractivity contribution in [1.29, 1.82) is 0 Å². The van der Waals surface area contributed by atoms with Crippen molar-refractivity contribution in [3.05, 3.63) is 63.0 Å². The number of ether oxygens (including phenoxy) is 1. The number of benzene rings is 1. The van der Waals surface area contributed by atoms with Crippen LogP contribution in [0, 0.1) is 15.5 Å². The van der Waals surface area contributed by atoms with Gasteiger partial charge >= 0.3 is 0 Å². The summed E-state index contributed by atoms with van der Waals surface area (Å²) in [7, 11) is 1.47. The number of piperidine rings is 1. The van der Waals surface area contributed by atoms with Crippen molar-refractivity contribution in [2.75, 3.05) is 33.3 Å². The number of carbonyl (C=O) groups is 2. The van der Waals surface area contributed by atoms with Gasteiger partial charge in [0.1, 0.15) is 10.7 Å². The number of methoxy groups -OCH3 is 1. The van der Waals surface area contributed by atoms with Crippen LogP contribution in [0.3, 0.4) is 0 Å². The van der Waals surface area contributed by atoms with Gasteiger partial charge < -0.3 is 19.0 Å². The molecule has 0 bridgehead atoms. The van der Waals surface area contributed by atoms with Gasteiger partial charge in [0.25, 0.3) is 17.5 Å². The molecule has 3 aromatic rings. The molecular weight excluding hydrogens is 476 g/mol. The van der Waals surface area contributed by atoms with Crippen LogP contribution in [-0.4, -0.2) is 64.8 Å². The highest BCUT2D eigenvalue weighted by atomic mass is 35.5. The van der Waals surface area contributed by atoms with E-state index in [2.05, 4.69) is 4.98 Å². The number of furan rings is 1. The predicted octanol–water partition coefficient (Wildman–Crippen LogP) is 4.17. The Morgan fingerprint density at radius 1 is 1.09 bits per heavy atom. The lowest BCUT2D eigenvalue weighted by Gasteiger charge is -2.39. The number of hydrogen-bond acceptors (Lipinski definition) is 7. The van der Waals surface area contributed by atoms with E-state index in [-0.39, 0.29) is 33.8 Å². The number of amides is 2. The Bertz CT molecular complexity index is 1330. The van der Waals surface area contributed by atoms with E-state index in [0.29, 0.717) is 48.6 Å². The van der Waals surface area contributed by atoms with Crippen LogP contribution in [-0.2, 0) is 0 Å². The van der Waals surface area contributed by atoms with E-state index in [1.54, 1.807) is 21.9 Å². The molecule has 1 spiro atoms. The van der Waals surface area contributed by atoms with Gasteiger partial charge in [-0.15, -0.1) is 0 Å². The average Bonchev–Trinajstić information content (AvgIpc) is 3.47. The summed E-state index contributed by atoms with van der Waals surface area (Å²) in [6, 6.07) is 8.94. The maximum absolute atomic E-state index is 13.1. The second kappa shape index (κ2) is 8.84. The molecule has 2 fully saturated rings. The Hall–Kier alpha value is -3.66. The topological polar surface area (TPSA) is 119 Å². The second-order valence-corrected chi connectivity index (χ2v) is 9.47. The van der Waals surface area contributed by atoms with Gasteiger partial charge in [0.2, 0.25) is 5.88 Å². The molecule has 0 saturated carbocycles. The highest BCUT2D eigenvalue weighted by molar-refractivity contribution is 6.29. The molecule has 0 unspecified atom stereocenters. The number of halogens is 1. The molecule has 5 rings (SSSR count). The molecule has 182 valence electrons. The van der Waals surface area contributed by atoms with E-state index < -0.39 is 4.92 Å². The molecule has 1 aromatic carbocycles. The normalized spacial score (nSPS) is 17.2. The zero-order valence-electron chi connectivity index (χ0n) is 19.0. The number of carbonyl (C=O) groups excluding carboxylic acids is 2. The van der Waals surface area contributed by atoms with Crippen LogP contribution in [0.1, 0.15) is 40.2 Å². The fourth-order valence-corrected chi connectivity index (χ4v) is 5.19. The zero-order valence-corrected chi connectivity index (χ0v) is 19.8. The number of aromatic nitrogens is 1. The minimum atomic E-state index is -0.477. The summed E-state index contributed by atoms with van der Waals surface area (Å²) in [6.07, 6.45) is 2.41. The molecule has 0 N–H and O–H groups in total. The van der Waals surface area contributed by atoms with E-state index in [0.717, 1.165) is 19.3 Å². The Morgan fingerprint density at radius 2 is 1.80 bits per heavy atom. The van der Waals surface area contributed by atoms with Crippen LogP contribution in [0.4, 0.5) is 5.69 Å². The van der Waals surface area contributed by atoms with Gasteiger partial charge in [-0.1, -0.05) is 11.6 Å². The van der Waals surface area contributed by atoms with E-state index in [9.17, 15) is 19.7 Å². The van der Waals surface area contributed by atoms with E-state index in [4.69, 9.17) is 20.8 Å². The maximum Gasteiger partial charge on any atom is 0.289 e. The Balaban J connectivity index is 1.24. The second-order valence-electron chi connectivity index (χ2n) is 9.08. The molecule has 2 amide bonds. The molecule has 10 nitrogen and oxygen atoms in total. The van der Waals surface area contributed by atoms with Gasteiger partial charge in [-0.3, -0.25) is 19.7 Å². The van der Waals surface area contributed by atoms with Crippen LogP contribution in [0.5, 0.6) is 5.88 Å². The zero-order chi connectivity index (χ0) is 24.7. The number of fused-ring (bicyclic) bond motifs is 1. The van der Waals surface area contributed by atoms with Gasteiger partial charge in [-0.05, 0) is 42.9 Å². The van der Waals surface area contributed by atoms with Gasteiger partial charge in [0.15, 0.2) is 5.76 Å². The number of likely N-dealkylation sites (tertiary alicyclic amines) is 2. The highest BCUT2D eigenvalue weighted by Crippen LogP contribution is 2.41. The minimum Gasteiger partial charge on any atom is -0.481 e. The first kappa shape index (κ1) is 23.1. The van der Waals surface area contributed by atoms with Gasteiger partial charge in [0.05, 0.1) is 12.0 Å². The predicted molar refractivity (Wildman–Crippen MR) is 127 cm³/mol. The third kappa shape index (κ3) is 4.41. The molecule has 4 heterocycles. The molecular formula is C24H23ClN4O6. The maximum atomic E-state index is 13.1.